The van der Waals surface area contributed by atoms with Gasteiger partial charge in [-0.05, 0) is 18.1 Å². The third-order valence-corrected chi connectivity index (χ3v) is 3.40. The average Bonchev–Trinajstić information content (AvgIpc) is 2.06. The molecule has 0 saturated carbocycles. The first kappa shape index (κ1) is 10.8. The van der Waals surface area contributed by atoms with Crippen molar-refractivity contribution in [2.24, 2.45) is 5.92 Å². The first-order valence-electron chi connectivity index (χ1n) is 4.25. The molecule has 0 rings (SSSR count). The molecule has 0 aliphatic rings. The average molecular weight is 171 g/mol. The maximum atomic E-state index is 8.64. The molecule has 2 heteroatoms. The van der Waals surface area contributed by atoms with Crippen molar-refractivity contribution in [3.8, 4) is 6.07 Å². The summed E-state index contributed by atoms with van der Waals surface area (Å²) >= 11 is 1.79. The second kappa shape index (κ2) is 6.54. The van der Waals surface area contributed by atoms with Gasteiger partial charge in [-0.25, -0.2) is 0 Å². The lowest BCUT2D eigenvalue weighted by Crippen LogP contribution is -2.03. The topological polar surface area (TPSA) is 23.8 Å². The minimum atomic E-state index is 0.212. The maximum absolute atomic E-state index is 8.64. The van der Waals surface area contributed by atoms with Gasteiger partial charge in [-0.1, -0.05) is 27.2 Å². The van der Waals surface area contributed by atoms with Crippen LogP contribution in [0.25, 0.3) is 0 Å². The van der Waals surface area contributed by atoms with Crippen molar-refractivity contribution < 1.29 is 0 Å². The summed E-state index contributed by atoms with van der Waals surface area (Å²) in [5, 5.41) is 8.85. The Morgan fingerprint density at radius 3 is 2.36 bits per heavy atom. The first-order chi connectivity index (χ1) is 5.24. The number of hydrogen-bond acceptors (Lipinski definition) is 2. The van der Waals surface area contributed by atoms with Crippen LogP contribution in [0.3, 0.4) is 0 Å². The maximum Gasteiger partial charge on any atom is 0.0914 e. The van der Waals surface area contributed by atoms with Crippen molar-refractivity contribution in [1.29, 1.82) is 5.26 Å². The molecule has 0 aliphatic carbocycles. The van der Waals surface area contributed by atoms with Gasteiger partial charge in [0.25, 0.3) is 0 Å². The monoisotopic (exact) mass is 171 g/mol. The second-order valence-electron chi connectivity index (χ2n) is 2.87. The Balaban J connectivity index is 3.44. The van der Waals surface area contributed by atoms with Gasteiger partial charge in [-0.3, -0.25) is 0 Å². The van der Waals surface area contributed by atoms with Gasteiger partial charge in [-0.2, -0.15) is 5.26 Å². The number of rotatable bonds is 5. The van der Waals surface area contributed by atoms with E-state index < -0.39 is 0 Å². The smallest absolute Gasteiger partial charge is 0.0914 e. The van der Waals surface area contributed by atoms with E-state index in [0.29, 0.717) is 0 Å². The summed E-state index contributed by atoms with van der Waals surface area (Å²) < 4.78 is 0. The predicted octanol–water partition coefficient (Wildman–Crippen LogP) is 3.07. The number of nitriles is 1. The van der Waals surface area contributed by atoms with Crippen LogP contribution < -0.4 is 0 Å². The Labute approximate surface area is 74.2 Å². The minimum Gasteiger partial charge on any atom is -0.197 e. The van der Waals surface area contributed by atoms with Crippen molar-refractivity contribution in [2.45, 2.75) is 38.9 Å². The van der Waals surface area contributed by atoms with E-state index in [0.717, 1.165) is 18.1 Å². The van der Waals surface area contributed by atoms with Crippen LogP contribution >= 0.6 is 11.8 Å². The van der Waals surface area contributed by atoms with E-state index in [4.69, 9.17) is 5.26 Å². The highest BCUT2D eigenvalue weighted by atomic mass is 32.2. The van der Waals surface area contributed by atoms with Gasteiger partial charge < -0.3 is 0 Å². The lowest BCUT2D eigenvalue weighted by Gasteiger charge is -2.09. The molecule has 0 saturated heterocycles. The summed E-state index contributed by atoms with van der Waals surface area (Å²) in [4.78, 5) is 0. The summed E-state index contributed by atoms with van der Waals surface area (Å²) in [5.74, 6) is 1.88. The van der Waals surface area contributed by atoms with Crippen LogP contribution in [0.4, 0.5) is 0 Å². The minimum absolute atomic E-state index is 0.212. The van der Waals surface area contributed by atoms with Crippen LogP contribution in [0.1, 0.15) is 33.6 Å². The molecule has 0 radical (unpaired) electrons. The molecule has 0 aromatic rings. The molecule has 0 bridgehead atoms. The van der Waals surface area contributed by atoms with E-state index >= 15 is 0 Å². The molecule has 0 aliphatic heterocycles. The zero-order chi connectivity index (χ0) is 8.69. The van der Waals surface area contributed by atoms with Crippen molar-refractivity contribution in [1.82, 2.24) is 0 Å². The zero-order valence-electron chi connectivity index (χ0n) is 7.63. The lowest BCUT2D eigenvalue weighted by molar-refractivity contribution is 0.636. The van der Waals surface area contributed by atoms with Gasteiger partial charge in [0, 0.05) is 0 Å². The van der Waals surface area contributed by atoms with Gasteiger partial charge in [0.05, 0.1) is 11.3 Å². The third kappa shape index (κ3) is 5.15. The van der Waals surface area contributed by atoms with Crippen LogP contribution in [0.5, 0.6) is 0 Å². The van der Waals surface area contributed by atoms with Gasteiger partial charge in [0.15, 0.2) is 0 Å². The van der Waals surface area contributed by atoms with Crippen molar-refractivity contribution in [2.75, 3.05) is 5.75 Å². The first-order valence-corrected chi connectivity index (χ1v) is 5.30. The van der Waals surface area contributed by atoms with Crippen LogP contribution in [0, 0.1) is 17.2 Å². The van der Waals surface area contributed by atoms with E-state index in [9.17, 15) is 0 Å². The Morgan fingerprint density at radius 2 is 2.00 bits per heavy atom. The third-order valence-electron chi connectivity index (χ3n) is 1.79. The molecule has 0 aromatic carbocycles. The predicted molar refractivity (Wildman–Crippen MR) is 51.6 cm³/mol. The Morgan fingerprint density at radius 1 is 1.36 bits per heavy atom. The van der Waals surface area contributed by atoms with Crippen LogP contribution in [0.15, 0.2) is 0 Å². The van der Waals surface area contributed by atoms with E-state index in [1.54, 1.807) is 11.8 Å². The summed E-state index contributed by atoms with van der Waals surface area (Å²) in [6.45, 7) is 6.49. The molecule has 11 heavy (non-hydrogen) atoms. The fraction of sp³-hybridized carbons (Fsp3) is 0.889. The molecule has 1 nitrogen and oxygen atoms in total. The number of hydrogen-bond donors (Lipinski definition) is 0. The summed E-state index contributed by atoms with van der Waals surface area (Å²) in [7, 11) is 0. The summed E-state index contributed by atoms with van der Waals surface area (Å²) in [6, 6.07) is 2.29. The molecule has 2 unspecified atom stereocenters. The van der Waals surface area contributed by atoms with Crippen LogP contribution in [-0.2, 0) is 0 Å². The molecule has 64 valence electrons. The standard InChI is InChI=1S/C9H17NS/c1-4-8(3)7-11-9(5-2)6-10/h8-9H,4-5,7H2,1-3H3. The van der Waals surface area contributed by atoms with Crippen molar-refractivity contribution in [3.05, 3.63) is 0 Å². The normalized spacial score (nSPS) is 15.5. The molecule has 0 fully saturated rings. The Bertz CT molecular complexity index is 128. The van der Waals surface area contributed by atoms with Crippen molar-refractivity contribution in [3.63, 3.8) is 0 Å². The Hall–Kier alpha value is -0.160. The number of nitrogens with zero attached hydrogens (tertiary/aromatic N) is 1. The zero-order valence-corrected chi connectivity index (χ0v) is 8.45. The highest BCUT2D eigenvalue weighted by molar-refractivity contribution is 8.00. The highest BCUT2D eigenvalue weighted by Gasteiger charge is 2.06. The molecule has 0 heterocycles. The van der Waals surface area contributed by atoms with Gasteiger partial charge in [0.1, 0.15) is 0 Å². The molecule has 0 spiro atoms. The van der Waals surface area contributed by atoms with E-state index in [1.807, 2.05) is 0 Å². The quantitative estimate of drug-likeness (QED) is 0.634. The Kier molecular flexibility index (Phi) is 6.45. The second-order valence-corrected chi connectivity index (χ2v) is 4.11. The van der Waals surface area contributed by atoms with E-state index in [1.165, 1.54) is 6.42 Å². The van der Waals surface area contributed by atoms with Gasteiger partial charge in [-0.15, -0.1) is 11.8 Å². The fourth-order valence-corrected chi connectivity index (χ4v) is 1.75. The van der Waals surface area contributed by atoms with E-state index in [-0.39, 0.29) is 5.25 Å². The van der Waals surface area contributed by atoms with Crippen LogP contribution in [-0.4, -0.2) is 11.0 Å². The SMILES string of the molecule is CCC(C)CSC(C#N)CC. The molecular weight excluding hydrogens is 154 g/mol. The van der Waals surface area contributed by atoms with Gasteiger partial charge >= 0.3 is 0 Å². The summed E-state index contributed by atoms with van der Waals surface area (Å²) in [6.07, 6.45) is 2.19. The number of thioether (sulfide) groups is 1. The molecule has 0 aromatic heterocycles. The molecule has 0 N–H and O–H groups in total. The fourth-order valence-electron chi connectivity index (χ4n) is 0.645. The molecule has 0 amide bonds. The highest BCUT2D eigenvalue weighted by Crippen LogP contribution is 2.18. The largest absolute Gasteiger partial charge is 0.197 e. The van der Waals surface area contributed by atoms with Crippen LogP contribution in [0.2, 0.25) is 0 Å². The lowest BCUT2D eigenvalue weighted by atomic mass is 10.2. The molecule has 2 atom stereocenters. The van der Waals surface area contributed by atoms with Gasteiger partial charge in [0.2, 0.25) is 0 Å². The molecular formula is C9H17NS. The van der Waals surface area contributed by atoms with Crippen molar-refractivity contribution >= 4 is 11.8 Å². The summed E-state index contributed by atoms with van der Waals surface area (Å²) in [5.41, 5.74) is 0. The van der Waals surface area contributed by atoms with E-state index in [2.05, 4.69) is 26.8 Å².